The number of aromatic nitrogens is 2. The number of amides is 2. The molecule has 1 fully saturated rings. The lowest BCUT2D eigenvalue weighted by Crippen LogP contribution is -2.32. The Balaban J connectivity index is 1.64. The Labute approximate surface area is 144 Å². The van der Waals surface area contributed by atoms with E-state index < -0.39 is 6.09 Å². The number of hydrogen-bond acceptors (Lipinski definition) is 6. The topological polar surface area (TPSA) is 75.6 Å². The van der Waals surface area contributed by atoms with Crippen LogP contribution in [0.4, 0.5) is 4.79 Å². The van der Waals surface area contributed by atoms with Gasteiger partial charge in [0.05, 0.1) is 6.54 Å². The highest BCUT2D eigenvalue weighted by Crippen LogP contribution is 2.21. The second-order valence-corrected chi connectivity index (χ2v) is 6.48. The van der Waals surface area contributed by atoms with Crippen LogP contribution in [0.25, 0.3) is 11.4 Å². The monoisotopic (exact) mass is 346 g/mol. The Bertz CT molecular complexity index is 732. The number of ether oxygens (including phenoxy) is 1. The van der Waals surface area contributed by atoms with Crippen LogP contribution >= 0.6 is 11.5 Å². The lowest BCUT2D eigenvalue weighted by molar-refractivity contribution is 0.0665. The van der Waals surface area contributed by atoms with Crippen molar-refractivity contribution < 1.29 is 14.3 Å². The van der Waals surface area contributed by atoms with Gasteiger partial charge < -0.3 is 14.5 Å². The zero-order chi connectivity index (χ0) is 17.1. The normalized spacial score (nSPS) is 16.9. The van der Waals surface area contributed by atoms with E-state index in [4.69, 9.17) is 4.74 Å². The minimum Gasteiger partial charge on any atom is -0.444 e. The number of carbonyl (C=O) groups excluding carboxylic acids is 2. The van der Waals surface area contributed by atoms with Crippen LogP contribution in [-0.2, 0) is 4.74 Å². The van der Waals surface area contributed by atoms with Crippen molar-refractivity contribution in [1.29, 1.82) is 0 Å². The number of benzene rings is 1. The van der Waals surface area contributed by atoms with Gasteiger partial charge in [0, 0.05) is 32.6 Å². The van der Waals surface area contributed by atoms with E-state index in [1.165, 1.54) is 4.90 Å². The van der Waals surface area contributed by atoms with E-state index in [0.717, 1.165) is 17.1 Å². The van der Waals surface area contributed by atoms with E-state index in [-0.39, 0.29) is 12.0 Å². The molecule has 0 spiro atoms. The first-order chi connectivity index (χ1) is 11.5. The zero-order valence-corrected chi connectivity index (χ0v) is 14.3. The summed E-state index contributed by atoms with van der Waals surface area (Å²) in [5.41, 5.74) is 0.881. The Morgan fingerprint density at radius 3 is 2.75 bits per heavy atom. The molecular weight excluding hydrogens is 328 g/mol. The van der Waals surface area contributed by atoms with Gasteiger partial charge in [0.25, 0.3) is 5.91 Å². The fourth-order valence-electron chi connectivity index (χ4n) is 2.41. The molecular formula is C16H18N4O3S. The van der Waals surface area contributed by atoms with Crippen LogP contribution in [0.1, 0.15) is 16.2 Å². The molecule has 2 heterocycles. The third-order valence-corrected chi connectivity index (χ3v) is 4.41. The maximum Gasteiger partial charge on any atom is 0.409 e. The minimum atomic E-state index is -0.392. The van der Waals surface area contributed by atoms with Gasteiger partial charge in [0.1, 0.15) is 6.10 Å². The molecule has 1 unspecified atom stereocenters. The fourth-order valence-corrected chi connectivity index (χ4v) is 3.06. The quantitative estimate of drug-likeness (QED) is 0.851. The van der Waals surface area contributed by atoms with Gasteiger partial charge in [-0.15, -0.1) is 0 Å². The number of carbonyl (C=O) groups is 2. The van der Waals surface area contributed by atoms with Gasteiger partial charge in [-0.05, 0) is 11.5 Å². The Morgan fingerprint density at radius 1 is 1.29 bits per heavy atom. The largest absolute Gasteiger partial charge is 0.444 e. The van der Waals surface area contributed by atoms with E-state index in [2.05, 4.69) is 9.36 Å². The number of likely N-dealkylation sites (tertiary alicyclic amines) is 1. The molecule has 0 saturated carbocycles. The summed E-state index contributed by atoms with van der Waals surface area (Å²) in [5, 5.41) is 0.355. The van der Waals surface area contributed by atoms with Crippen LogP contribution in [0, 0.1) is 0 Å². The molecule has 1 aromatic carbocycles. The molecule has 2 amide bonds. The van der Waals surface area contributed by atoms with Crippen LogP contribution in [0.5, 0.6) is 0 Å². The van der Waals surface area contributed by atoms with E-state index in [1.807, 2.05) is 30.3 Å². The smallest absolute Gasteiger partial charge is 0.409 e. The molecule has 1 saturated heterocycles. The summed E-state index contributed by atoms with van der Waals surface area (Å²) >= 11 is 1.09. The first-order valence-corrected chi connectivity index (χ1v) is 8.38. The first-order valence-electron chi connectivity index (χ1n) is 7.61. The van der Waals surface area contributed by atoms with Crippen LogP contribution in [0.3, 0.4) is 0 Å². The fraction of sp³-hybridized carbons (Fsp3) is 0.375. The Hall–Kier alpha value is -2.48. The summed E-state index contributed by atoms with van der Waals surface area (Å²) in [6.45, 7) is 0.934. The predicted molar refractivity (Wildman–Crippen MR) is 89.8 cm³/mol. The summed E-state index contributed by atoms with van der Waals surface area (Å²) in [4.78, 5) is 31.5. The predicted octanol–water partition coefficient (Wildman–Crippen LogP) is 2.12. The maximum absolute atomic E-state index is 12.5. The van der Waals surface area contributed by atoms with Crippen LogP contribution in [0.15, 0.2) is 30.3 Å². The summed E-state index contributed by atoms with van der Waals surface area (Å²) < 4.78 is 9.58. The Kier molecular flexibility index (Phi) is 4.75. The molecule has 24 heavy (non-hydrogen) atoms. The maximum atomic E-state index is 12.5. The van der Waals surface area contributed by atoms with Gasteiger partial charge in [-0.1, -0.05) is 30.3 Å². The van der Waals surface area contributed by atoms with E-state index in [9.17, 15) is 9.59 Å². The molecule has 2 aromatic rings. The third kappa shape index (κ3) is 3.53. The molecule has 7 nitrogen and oxygen atoms in total. The highest BCUT2D eigenvalue weighted by Gasteiger charge is 2.31. The second kappa shape index (κ2) is 6.96. The first kappa shape index (κ1) is 16.4. The van der Waals surface area contributed by atoms with Gasteiger partial charge in [0.2, 0.25) is 5.01 Å². The third-order valence-electron chi connectivity index (χ3n) is 3.71. The molecule has 0 radical (unpaired) electrons. The molecule has 0 aliphatic carbocycles. The van der Waals surface area contributed by atoms with Gasteiger partial charge in [-0.3, -0.25) is 4.79 Å². The Morgan fingerprint density at radius 2 is 2.04 bits per heavy atom. The van der Waals surface area contributed by atoms with Gasteiger partial charge in [0.15, 0.2) is 5.82 Å². The number of rotatable bonds is 3. The van der Waals surface area contributed by atoms with Gasteiger partial charge >= 0.3 is 6.09 Å². The van der Waals surface area contributed by atoms with Gasteiger partial charge in [-0.25, -0.2) is 9.78 Å². The molecule has 126 valence electrons. The van der Waals surface area contributed by atoms with Crippen LogP contribution in [-0.4, -0.2) is 64.4 Å². The average Bonchev–Trinajstić information content (AvgIpc) is 3.24. The molecule has 1 aromatic heterocycles. The highest BCUT2D eigenvalue weighted by molar-refractivity contribution is 7.07. The molecule has 1 aliphatic heterocycles. The molecule has 1 atom stereocenters. The van der Waals surface area contributed by atoms with Crippen molar-refractivity contribution in [3.8, 4) is 11.4 Å². The summed E-state index contributed by atoms with van der Waals surface area (Å²) in [6.07, 6.45) is -0.0303. The van der Waals surface area contributed by atoms with E-state index in [0.29, 0.717) is 30.3 Å². The van der Waals surface area contributed by atoms with Crippen molar-refractivity contribution >= 4 is 23.5 Å². The minimum absolute atomic E-state index is 0.168. The van der Waals surface area contributed by atoms with E-state index in [1.54, 1.807) is 19.0 Å². The van der Waals surface area contributed by atoms with Crippen molar-refractivity contribution in [2.45, 2.75) is 12.5 Å². The van der Waals surface area contributed by atoms with Crippen molar-refractivity contribution in [3.05, 3.63) is 35.3 Å². The van der Waals surface area contributed by atoms with Gasteiger partial charge in [-0.2, -0.15) is 4.37 Å². The van der Waals surface area contributed by atoms with Crippen molar-refractivity contribution in [1.82, 2.24) is 19.2 Å². The summed E-state index contributed by atoms with van der Waals surface area (Å²) in [6, 6.07) is 9.54. The highest BCUT2D eigenvalue weighted by atomic mass is 32.1. The van der Waals surface area contributed by atoms with Crippen molar-refractivity contribution in [2.75, 3.05) is 27.2 Å². The SMILES string of the molecule is CN(C)C(=O)OC1CCN(C(=O)c2nc(-c3ccccc3)ns2)C1. The van der Waals surface area contributed by atoms with Crippen molar-refractivity contribution in [2.24, 2.45) is 0 Å². The molecule has 0 bridgehead atoms. The standard InChI is InChI=1S/C16H18N4O3S/c1-19(2)16(22)23-12-8-9-20(10-12)15(21)14-17-13(18-24-14)11-6-4-3-5-7-11/h3-7,12H,8-10H2,1-2H3. The molecule has 3 rings (SSSR count). The second-order valence-electron chi connectivity index (χ2n) is 5.73. The zero-order valence-electron chi connectivity index (χ0n) is 13.5. The van der Waals surface area contributed by atoms with Crippen LogP contribution < -0.4 is 0 Å². The lowest BCUT2D eigenvalue weighted by atomic mass is 10.2. The summed E-state index contributed by atoms with van der Waals surface area (Å²) in [5.74, 6) is 0.386. The number of nitrogens with zero attached hydrogens (tertiary/aromatic N) is 4. The van der Waals surface area contributed by atoms with Crippen molar-refractivity contribution in [3.63, 3.8) is 0 Å². The molecule has 0 N–H and O–H groups in total. The lowest BCUT2D eigenvalue weighted by Gasteiger charge is -2.17. The molecule has 1 aliphatic rings. The van der Waals surface area contributed by atoms with E-state index >= 15 is 0 Å². The summed E-state index contributed by atoms with van der Waals surface area (Å²) in [7, 11) is 3.26. The van der Waals surface area contributed by atoms with Crippen LogP contribution in [0.2, 0.25) is 0 Å². The average molecular weight is 346 g/mol. The molecule has 8 heteroatoms. The number of hydrogen-bond donors (Lipinski definition) is 0.